The number of rotatable bonds is 2. The second kappa shape index (κ2) is 5.14. The number of nitrogen functional groups attached to an aromatic ring is 1. The first-order valence-electron chi connectivity index (χ1n) is 6.09. The Bertz CT molecular complexity index is 812. The third-order valence-corrected chi connectivity index (χ3v) is 4.10. The van der Waals surface area contributed by atoms with Crippen molar-refractivity contribution < 1.29 is 13.6 Å². The second-order valence-corrected chi connectivity index (χ2v) is 5.54. The van der Waals surface area contributed by atoms with Gasteiger partial charge in [-0.1, -0.05) is 18.2 Å². The molecular formula is C15H10F2N2OS. The van der Waals surface area contributed by atoms with E-state index in [9.17, 15) is 13.6 Å². The molecular weight excluding hydrogens is 294 g/mol. The fraction of sp³-hybridized carbons (Fsp3) is 0. The summed E-state index contributed by atoms with van der Waals surface area (Å²) in [6.07, 6.45) is 0. The van der Waals surface area contributed by atoms with E-state index in [2.05, 4.69) is 5.32 Å². The van der Waals surface area contributed by atoms with Crippen LogP contribution in [0.5, 0.6) is 0 Å². The van der Waals surface area contributed by atoms with E-state index < -0.39 is 17.5 Å². The number of anilines is 2. The number of hydrogen-bond acceptors (Lipinski definition) is 3. The number of amides is 1. The van der Waals surface area contributed by atoms with Crippen molar-refractivity contribution in [1.29, 1.82) is 0 Å². The lowest BCUT2D eigenvalue weighted by molar-refractivity contribution is 0.103. The Morgan fingerprint density at radius 3 is 2.62 bits per heavy atom. The van der Waals surface area contributed by atoms with Crippen LogP contribution in [0.4, 0.5) is 20.2 Å². The van der Waals surface area contributed by atoms with Crippen LogP contribution in [0.15, 0.2) is 42.5 Å². The van der Waals surface area contributed by atoms with Gasteiger partial charge >= 0.3 is 0 Å². The SMILES string of the molecule is Nc1cc(NC(=O)c2cc3ccccc3s2)c(F)cc1F. The van der Waals surface area contributed by atoms with Gasteiger partial charge in [-0.25, -0.2) is 8.78 Å². The zero-order valence-electron chi connectivity index (χ0n) is 10.7. The van der Waals surface area contributed by atoms with E-state index >= 15 is 0 Å². The summed E-state index contributed by atoms with van der Waals surface area (Å²) < 4.78 is 27.6. The quantitative estimate of drug-likeness (QED) is 0.703. The van der Waals surface area contributed by atoms with Gasteiger partial charge in [0.05, 0.1) is 16.3 Å². The maximum Gasteiger partial charge on any atom is 0.265 e. The highest BCUT2D eigenvalue weighted by Crippen LogP contribution is 2.27. The lowest BCUT2D eigenvalue weighted by Gasteiger charge is -2.06. The highest BCUT2D eigenvalue weighted by Gasteiger charge is 2.14. The number of halogens is 2. The average Bonchev–Trinajstić information content (AvgIpc) is 2.88. The topological polar surface area (TPSA) is 55.1 Å². The Labute approximate surface area is 123 Å². The molecule has 106 valence electrons. The molecule has 0 unspecified atom stereocenters. The Morgan fingerprint density at radius 2 is 1.86 bits per heavy atom. The summed E-state index contributed by atoms with van der Waals surface area (Å²) in [5, 5.41) is 3.34. The van der Waals surface area contributed by atoms with Crippen LogP contribution in [-0.4, -0.2) is 5.91 Å². The summed E-state index contributed by atoms with van der Waals surface area (Å²) in [5.41, 5.74) is 5.01. The molecule has 0 radical (unpaired) electrons. The maximum atomic E-state index is 13.6. The average molecular weight is 304 g/mol. The number of thiophene rings is 1. The monoisotopic (exact) mass is 304 g/mol. The standard InChI is InChI=1S/C15H10F2N2OS/c16-9-6-10(17)12(7-11(9)18)19-15(20)14-5-8-3-1-2-4-13(8)21-14/h1-7H,18H2,(H,19,20). The van der Waals surface area contributed by atoms with Crippen LogP contribution in [0.2, 0.25) is 0 Å². The van der Waals surface area contributed by atoms with Crippen LogP contribution < -0.4 is 11.1 Å². The van der Waals surface area contributed by atoms with E-state index in [1.54, 1.807) is 6.07 Å². The van der Waals surface area contributed by atoms with Crippen LogP contribution in [0, 0.1) is 11.6 Å². The molecule has 1 heterocycles. The third kappa shape index (κ3) is 2.57. The predicted molar refractivity (Wildman–Crippen MR) is 80.5 cm³/mol. The van der Waals surface area contributed by atoms with E-state index in [4.69, 9.17) is 5.73 Å². The van der Waals surface area contributed by atoms with Crippen molar-refractivity contribution in [2.24, 2.45) is 0 Å². The number of nitrogens with one attached hydrogen (secondary N) is 1. The van der Waals surface area contributed by atoms with Crippen molar-refractivity contribution in [1.82, 2.24) is 0 Å². The van der Waals surface area contributed by atoms with E-state index in [1.165, 1.54) is 11.3 Å². The van der Waals surface area contributed by atoms with Crippen molar-refractivity contribution in [3.8, 4) is 0 Å². The van der Waals surface area contributed by atoms with Gasteiger partial charge in [0, 0.05) is 10.8 Å². The molecule has 0 fully saturated rings. The molecule has 0 saturated heterocycles. The third-order valence-electron chi connectivity index (χ3n) is 2.98. The molecule has 0 aliphatic rings. The van der Waals surface area contributed by atoms with E-state index in [1.807, 2.05) is 24.3 Å². The smallest absolute Gasteiger partial charge is 0.265 e. The summed E-state index contributed by atoms with van der Waals surface area (Å²) >= 11 is 1.30. The zero-order valence-corrected chi connectivity index (χ0v) is 11.5. The molecule has 0 aliphatic carbocycles. The van der Waals surface area contributed by atoms with Crippen molar-refractivity contribution >= 4 is 38.7 Å². The number of carbonyl (C=O) groups excluding carboxylic acids is 1. The first-order chi connectivity index (χ1) is 10.0. The van der Waals surface area contributed by atoms with Crippen molar-refractivity contribution in [3.05, 3.63) is 59.0 Å². The van der Waals surface area contributed by atoms with Crippen molar-refractivity contribution in [3.63, 3.8) is 0 Å². The minimum Gasteiger partial charge on any atom is -0.396 e. The Hall–Kier alpha value is -2.47. The van der Waals surface area contributed by atoms with Crippen LogP contribution in [-0.2, 0) is 0 Å². The highest BCUT2D eigenvalue weighted by atomic mass is 32.1. The number of nitrogens with two attached hydrogens (primary N) is 1. The van der Waals surface area contributed by atoms with Gasteiger partial charge in [-0.2, -0.15) is 0 Å². The minimum absolute atomic E-state index is 0.142. The molecule has 0 spiro atoms. The summed E-state index contributed by atoms with van der Waals surface area (Å²) in [6, 6.07) is 11.0. The molecule has 0 bridgehead atoms. The molecule has 21 heavy (non-hydrogen) atoms. The van der Waals surface area contributed by atoms with Crippen LogP contribution in [0.3, 0.4) is 0 Å². The van der Waals surface area contributed by atoms with Crippen molar-refractivity contribution in [2.45, 2.75) is 0 Å². The molecule has 0 saturated carbocycles. The first-order valence-corrected chi connectivity index (χ1v) is 6.90. The van der Waals surface area contributed by atoms with Gasteiger partial charge in [-0.3, -0.25) is 4.79 Å². The summed E-state index contributed by atoms with van der Waals surface area (Å²) in [4.78, 5) is 12.6. The van der Waals surface area contributed by atoms with Crippen LogP contribution in [0.1, 0.15) is 9.67 Å². The summed E-state index contributed by atoms with van der Waals surface area (Å²) in [6.45, 7) is 0. The van der Waals surface area contributed by atoms with Gasteiger partial charge in [0.1, 0.15) is 11.6 Å². The molecule has 1 amide bonds. The molecule has 3 N–H and O–H groups in total. The molecule has 3 rings (SSSR count). The largest absolute Gasteiger partial charge is 0.396 e. The van der Waals surface area contributed by atoms with Crippen molar-refractivity contribution in [2.75, 3.05) is 11.1 Å². The Morgan fingerprint density at radius 1 is 1.10 bits per heavy atom. The Kier molecular flexibility index (Phi) is 3.31. The molecule has 0 aliphatic heterocycles. The van der Waals surface area contributed by atoms with E-state index in [0.29, 0.717) is 10.9 Å². The van der Waals surface area contributed by atoms with E-state index in [-0.39, 0.29) is 11.4 Å². The first kappa shape index (κ1) is 13.5. The fourth-order valence-electron chi connectivity index (χ4n) is 1.94. The number of hydrogen-bond donors (Lipinski definition) is 2. The van der Waals surface area contributed by atoms with Gasteiger partial charge in [0.15, 0.2) is 0 Å². The number of carbonyl (C=O) groups is 1. The predicted octanol–water partition coefficient (Wildman–Crippen LogP) is 4.01. The number of fused-ring (bicyclic) bond motifs is 1. The zero-order chi connectivity index (χ0) is 15.0. The van der Waals surface area contributed by atoms with Gasteiger partial charge in [0.2, 0.25) is 0 Å². The van der Waals surface area contributed by atoms with Gasteiger partial charge in [0.25, 0.3) is 5.91 Å². The lowest BCUT2D eigenvalue weighted by Crippen LogP contribution is -2.12. The molecule has 2 aromatic carbocycles. The maximum absolute atomic E-state index is 13.6. The van der Waals surface area contributed by atoms with E-state index in [0.717, 1.165) is 16.2 Å². The minimum atomic E-state index is -0.865. The van der Waals surface area contributed by atoms with Crippen LogP contribution >= 0.6 is 11.3 Å². The molecule has 3 aromatic rings. The molecule has 0 atom stereocenters. The Balaban J connectivity index is 1.91. The fourth-order valence-corrected chi connectivity index (χ4v) is 2.90. The van der Waals surface area contributed by atoms with Gasteiger partial charge in [-0.15, -0.1) is 11.3 Å². The van der Waals surface area contributed by atoms with Gasteiger partial charge < -0.3 is 11.1 Å². The summed E-state index contributed by atoms with van der Waals surface area (Å²) in [5.74, 6) is -2.18. The van der Waals surface area contributed by atoms with Gasteiger partial charge in [-0.05, 0) is 23.6 Å². The summed E-state index contributed by atoms with van der Waals surface area (Å²) in [7, 11) is 0. The normalized spacial score (nSPS) is 10.8. The highest BCUT2D eigenvalue weighted by molar-refractivity contribution is 7.20. The molecule has 6 heteroatoms. The van der Waals surface area contributed by atoms with Crippen LogP contribution in [0.25, 0.3) is 10.1 Å². The lowest BCUT2D eigenvalue weighted by atomic mass is 10.2. The molecule has 3 nitrogen and oxygen atoms in total. The molecule has 1 aromatic heterocycles. The second-order valence-electron chi connectivity index (χ2n) is 4.46. The number of benzene rings is 2.